The van der Waals surface area contributed by atoms with Crippen LogP contribution in [0.2, 0.25) is 0 Å². The van der Waals surface area contributed by atoms with E-state index >= 15 is 0 Å². The summed E-state index contributed by atoms with van der Waals surface area (Å²) >= 11 is 7.98. The Morgan fingerprint density at radius 3 is 2.37 bits per heavy atom. The minimum Gasteiger partial charge on any atom is -0.478 e. The van der Waals surface area contributed by atoms with Gasteiger partial charge in [-0.15, -0.1) is 0 Å². The first-order valence-corrected chi connectivity index (χ1v) is 15.8. The lowest BCUT2D eigenvalue weighted by Gasteiger charge is -2.17. The van der Waals surface area contributed by atoms with Crippen molar-refractivity contribution in [2.45, 2.75) is 45.7 Å². The third-order valence-electron chi connectivity index (χ3n) is 7.57. The number of aryl methyl sites for hydroxylation is 2. The standard InChI is InChI=1S/C35H34BrN3O3S/c1-3-6-32-38-33-22(2)17-26(34(40)37-28(21-43)18-23-11-15-27(36)16-12-23)19-31(33)39(32)20-24-9-13-25(14-10-24)29-7-4-5-8-30(29)35(41)42/h4-5,7-17,19,28,43H,3,6,18,20-21H2,1-2H3,(H,37,40)(H,41,42)/t28-/m1/s1. The second kappa shape index (κ2) is 13.6. The summed E-state index contributed by atoms with van der Waals surface area (Å²) in [5.41, 5.74) is 7.37. The minimum absolute atomic E-state index is 0.113. The number of amides is 1. The summed E-state index contributed by atoms with van der Waals surface area (Å²) in [4.78, 5) is 30.2. The molecule has 0 bridgehead atoms. The van der Waals surface area contributed by atoms with Crippen LogP contribution in [-0.4, -0.2) is 38.3 Å². The highest BCUT2D eigenvalue weighted by atomic mass is 79.9. The van der Waals surface area contributed by atoms with Gasteiger partial charge < -0.3 is 15.0 Å². The summed E-state index contributed by atoms with van der Waals surface area (Å²) in [5, 5.41) is 12.8. The van der Waals surface area contributed by atoms with Crippen molar-refractivity contribution in [1.82, 2.24) is 14.9 Å². The topological polar surface area (TPSA) is 84.2 Å². The Kier molecular flexibility index (Phi) is 9.68. The number of carbonyl (C=O) groups is 2. The second-order valence-electron chi connectivity index (χ2n) is 10.8. The molecule has 220 valence electrons. The van der Waals surface area contributed by atoms with E-state index in [0.717, 1.165) is 56.4 Å². The zero-order chi connectivity index (χ0) is 30.5. The number of hydrogen-bond acceptors (Lipinski definition) is 4. The average Bonchev–Trinajstić information content (AvgIpc) is 3.35. The molecule has 1 heterocycles. The molecule has 1 atom stereocenters. The smallest absolute Gasteiger partial charge is 0.336 e. The summed E-state index contributed by atoms with van der Waals surface area (Å²) in [6, 6.07) is 26.8. The van der Waals surface area contributed by atoms with Gasteiger partial charge in [0.05, 0.1) is 16.6 Å². The maximum absolute atomic E-state index is 13.5. The van der Waals surface area contributed by atoms with Gasteiger partial charge in [0, 0.05) is 34.8 Å². The average molecular weight is 657 g/mol. The van der Waals surface area contributed by atoms with E-state index in [9.17, 15) is 14.7 Å². The van der Waals surface area contributed by atoms with E-state index in [1.807, 2.05) is 79.7 Å². The lowest BCUT2D eigenvalue weighted by Crippen LogP contribution is -2.37. The molecule has 5 aromatic rings. The number of thiol groups is 1. The van der Waals surface area contributed by atoms with E-state index in [1.54, 1.807) is 12.1 Å². The summed E-state index contributed by atoms with van der Waals surface area (Å²) in [5.74, 6) is 0.418. The normalized spacial score (nSPS) is 11.9. The fraction of sp³-hybridized carbons (Fsp3) is 0.229. The van der Waals surface area contributed by atoms with Gasteiger partial charge in [-0.3, -0.25) is 4.79 Å². The number of carbonyl (C=O) groups excluding carboxylic acids is 1. The van der Waals surface area contributed by atoms with E-state index in [0.29, 0.717) is 29.8 Å². The third-order valence-corrected chi connectivity index (χ3v) is 8.54. The molecule has 43 heavy (non-hydrogen) atoms. The fourth-order valence-corrected chi connectivity index (χ4v) is 5.88. The van der Waals surface area contributed by atoms with Gasteiger partial charge in [0.15, 0.2) is 0 Å². The minimum atomic E-state index is -0.946. The molecule has 8 heteroatoms. The number of hydrogen-bond donors (Lipinski definition) is 3. The third kappa shape index (κ3) is 7.03. The van der Waals surface area contributed by atoms with Crippen LogP contribution in [0.3, 0.4) is 0 Å². The Labute approximate surface area is 265 Å². The maximum Gasteiger partial charge on any atom is 0.336 e. The van der Waals surface area contributed by atoms with E-state index < -0.39 is 5.97 Å². The van der Waals surface area contributed by atoms with Crippen LogP contribution < -0.4 is 5.32 Å². The fourth-order valence-electron chi connectivity index (χ4n) is 5.39. The molecule has 0 saturated carbocycles. The van der Waals surface area contributed by atoms with Crippen molar-refractivity contribution in [3.8, 4) is 11.1 Å². The molecule has 4 aromatic carbocycles. The van der Waals surface area contributed by atoms with Crippen molar-refractivity contribution >= 4 is 51.5 Å². The molecular formula is C35H34BrN3O3S. The zero-order valence-corrected chi connectivity index (χ0v) is 26.7. The quantitative estimate of drug-likeness (QED) is 0.127. The Morgan fingerprint density at radius 1 is 1.00 bits per heavy atom. The van der Waals surface area contributed by atoms with Gasteiger partial charge in [0.1, 0.15) is 5.82 Å². The van der Waals surface area contributed by atoms with Crippen LogP contribution >= 0.6 is 28.6 Å². The Bertz CT molecular complexity index is 1760. The van der Waals surface area contributed by atoms with E-state index in [4.69, 9.17) is 4.98 Å². The van der Waals surface area contributed by atoms with Crippen molar-refractivity contribution in [2.24, 2.45) is 0 Å². The van der Waals surface area contributed by atoms with Crippen LogP contribution in [0.25, 0.3) is 22.2 Å². The molecule has 0 unspecified atom stereocenters. The van der Waals surface area contributed by atoms with Crippen molar-refractivity contribution in [1.29, 1.82) is 0 Å². The van der Waals surface area contributed by atoms with Gasteiger partial charge in [0.2, 0.25) is 0 Å². The number of fused-ring (bicyclic) bond motifs is 1. The molecule has 0 aliphatic rings. The number of halogens is 1. The van der Waals surface area contributed by atoms with Crippen LogP contribution in [0.4, 0.5) is 0 Å². The number of nitrogens with one attached hydrogen (secondary N) is 1. The number of aromatic carboxylic acids is 1. The van der Waals surface area contributed by atoms with Crippen molar-refractivity contribution in [3.05, 3.63) is 123 Å². The highest BCUT2D eigenvalue weighted by molar-refractivity contribution is 9.10. The molecule has 2 N–H and O–H groups in total. The summed E-state index contributed by atoms with van der Waals surface area (Å²) in [7, 11) is 0. The number of carboxylic acid groups (broad SMARTS) is 1. The van der Waals surface area contributed by atoms with Crippen molar-refractivity contribution < 1.29 is 14.7 Å². The highest BCUT2D eigenvalue weighted by Gasteiger charge is 2.19. The Morgan fingerprint density at radius 2 is 1.70 bits per heavy atom. The van der Waals surface area contributed by atoms with Gasteiger partial charge >= 0.3 is 5.97 Å². The van der Waals surface area contributed by atoms with E-state index in [1.165, 1.54) is 0 Å². The van der Waals surface area contributed by atoms with Gasteiger partial charge in [-0.2, -0.15) is 12.6 Å². The molecule has 0 spiro atoms. The molecule has 0 aliphatic heterocycles. The zero-order valence-electron chi connectivity index (χ0n) is 24.2. The number of imidazole rings is 1. The van der Waals surface area contributed by atoms with Gasteiger partial charge in [-0.1, -0.05) is 77.5 Å². The number of aromatic nitrogens is 2. The summed E-state index contributed by atoms with van der Waals surface area (Å²) in [6.45, 7) is 4.71. The first-order valence-electron chi connectivity index (χ1n) is 14.3. The molecule has 0 saturated heterocycles. The molecule has 6 nitrogen and oxygen atoms in total. The highest BCUT2D eigenvalue weighted by Crippen LogP contribution is 2.27. The maximum atomic E-state index is 13.5. The molecule has 0 radical (unpaired) electrons. The predicted molar refractivity (Wildman–Crippen MR) is 179 cm³/mol. The lowest BCUT2D eigenvalue weighted by molar-refractivity contribution is 0.0697. The Balaban J connectivity index is 1.43. The second-order valence-corrected chi connectivity index (χ2v) is 12.0. The number of benzene rings is 4. The molecule has 1 aromatic heterocycles. The number of rotatable bonds is 11. The van der Waals surface area contributed by atoms with Crippen LogP contribution in [-0.2, 0) is 19.4 Å². The summed E-state index contributed by atoms with van der Waals surface area (Å²) in [6.07, 6.45) is 2.45. The van der Waals surface area contributed by atoms with Crippen molar-refractivity contribution in [3.63, 3.8) is 0 Å². The number of nitrogens with zero attached hydrogens (tertiary/aromatic N) is 2. The first-order chi connectivity index (χ1) is 20.8. The molecule has 5 rings (SSSR count). The predicted octanol–water partition coefficient (Wildman–Crippen LogP) is 7.74. The largest absolute Gasteiger partial charge is 0.478 e. The summed E-state index contributed by atoms with van der Waals surface area (Å²) < 4.78 is 3.21. The van der Waals surface area contributed by atoms with Crippen LogP contribution in [0.5, 0.6) is 0 Å². The van der Waals surface area contributed by atoms with Crippen LogP contribution in [0.1, 0.15) is 56.6 Å². The lowest BCUT2D eigenvalue weighted by atomic mass is 9.98. The number of carboxylic acids is 1. The monoisotopic (exact) mass is 655 g/mol. The van der Waals surface area contributed by atoms with Gasteiger partial charge in [-0.05, 0) is 77.9 Å². The molecule has 0 aliphatic carbocycles. The molecular weight excluding hydrogens is 622 g/mol. The SMILES string of the molecule is CCCc1nc2c(C)cc(C(=O)N[C@@H](CS)Cc3ccc(Br)cc3)cc2n1Cc1ccc(-c2ccccc2C(=O)O)cc1. The first kappa shape index (κ1) is 30.6. The van der Waals surface area contributed by atoms with Gasteiger partial charge in [0.25, 0.3) is 5.91 Å². The van der Waals surface area contributed by atoms with E-state index in [-0.39, 0.29) is 17.5 Å². The van der Waals surface area contributed by atoms with Crippen LogP contribution in [0.15, 0.2) is 89.4 Å². The van der Waals surface area contributed by atoms with E-state index in [2.05, 4.69) is 45.4 Å². The Hall–Kier alpha value is -3.88. The molecule has 1 amide bonds. The van der Waals surface area contributed by atoms with Crippen LogP contribution in [0, 0.1) is 6.92 Å². The van der Waals surface area contributed by atoms with Gasteiger partial charge in [-0.25, -0.2) is 9.78 Å². The van der Waals surface area contributed by atoms with Crippen molar-refractivity contribution in [2.75, 3.05) is 5.75 Å². The molecule has 0 fully saturated rings.